The Kier molecular flexibility index (Phi) is 2.31. The van der Waals surface area contributed by atoms with Crippen LogP contribution >= 0.6 is 11.3 Å². The zero-order valence-electron chi connectivity index (χ0n) is 6.24. The fourth-order valence-electron chi connectivity index (χ4n) is 0.586. The third-order valence-electron chi connectivity index (χ3n) is 1.15. The first-order valence-electron chi connectivity index (χ1n) is 3.01. The van der Waals surface area contributed by atoms with Crippen LogP contribution in [0.15, 0.2) is 10.4 Å². The number of rotatable bonds is 2. The van der Waals surface area contributed by atoms with Crippen molar-refractivity contribution in [1.29, 1.82) is 0 Å². The van der Waals surface area contributed by atoms with Crippen molar-refractivity contribution in [2.45, 2.75) is 11.6 Å². The zero-order valence-corrected chi connectivity index (χ0v) is 7.87. The van der Waals surface area contributed by atoms with Gasteiger partial charge in [-0.2, -0.15) is 0 Å². The predicted octanol–water partition coefficient (Wildman–Crippen LogP) is 0.307. The van der Waals surface area contributed by atoms with Crippen molar-refractivity contribution in [2.75, 3.05) is 6.26 Å². The summed E-state index contributed by atoms with van der Waals surface area (Å²) in [6.07, 6.45) is 1.57. The van der Waals surface area contributed by atoms with Crippen molar-refractivity contribution in [3.05, 3.63) is 10.4 Å². The highest BCUT2D eigenvalue weighted by molar-refractivity contribution is 7.99. The lowest BCUT2D eigenvalue weighted by atomic mass is 10.7. The van der Waals surface area contributed by atoms with E-state index < -0.39 is 9.52 Å². The van der Waals surface area contributed by atoms with E-state index in [1.54, 1.807) is 11.6 Å². The maximum absolute atomic E-state index is 11.3. The monoisotopic (exact) mass is 190 g/mol. The van der Waals surface area contributed by atoms with Gasteiger partial charge >= 0.3 is 0 Å². The molecule has 11 heavy (non-hydrogen) atoms. The molecule has 0 aliphatic heterocycles. The molecule has 0 saturated heterocycles. The van der Waals surface area contributed by atoms with Gasteiger partial charge in [-0.25, -0.2) is 4.98 Å². The largest absolute Gasteiger partial charge is 0.325 e. The summed E-state index contributed by atoms with van der Waals surface area (Å²) >= 11 is 1.42. The van der Waals surface area contributed by atoms with E-state index in [-0.39, 0.29) is 0 Å². The molecule has 0 bridgehead atoms. The van der Waals surface area contributed by atoms with Gasteiger partial charge in [0.2, 0.25) is 0 Å². The number of hydrogen-bond acceptors (Lipinski definition) is 4. The normalized spacial score (nSPS) is 16.2. The molecule has 1 unspecified atom stereocenters. The first kappa shape index (κ1) is 8.70. The second kappa shape index (κ2) is 2.92. The lowest BCUT2D eigenvalue weighted by molar-refractivity contribution is 0.682. The van der Waals surface area contributed by atoms with Gasteiger partial charge in [0.25, 0.3) is 0 Å². The molecule has 0 saturated carbocycles. The van der Waals surface area contributed by atoms with Crippen LogP contribution in [0, 0.1) is 0 Å². The minimum Gasteiger partial charge on any atom is -0.325 e. The van der Waals surface area contributed by atoms with Crippen LogP contribution in [0.3, 0.4) is 0 Å². The lowest BCUT2D eigenvalue weighted by Crippen LogP contribution is -1.99. The maximum Gasteiger partial charge on any atom is 0.129 e. The van der Waals surface area contributed by atoms with Gasteiger partial charge in [0.05, 0.1) is 0 Å². The molecule has 1 aromatic heterocycles. The summed E-state index contributed by atoms with van der Waals surface area (Å²) < 4.78 is 11.3. The number of hydrogen-bond donors (Lipinski definition) is 1. The maximum atomic E-state index is 11.3. The number of aromatic nitrogens is 1. The molecular weight excluding hydrogens is 180 g/mol. The van der Waals surface area contributed by atoms with Crippen LogP contribution in [0.5, 0.6) is 0 Å². The second-order valence-electron chi connectivity index (χ2n) is 2.29. The molecule has 5 heteroatoms. The smallest absolute Gasteiger partial charge is 0.129 e. The summed E-state index contributed by atoms with van der Waals surface area (Å²) in [4.78, 5) is 4.06. The van der Waals surface area contributed by atoms with Gasteiger partial charge in [0, 0.05) is 27.7 Å². The predicted molar refractivity (Wildman–Crippen MR) is 49.5 cm³/mol. The van der Waals surface area contributed by atoms with Gasteiger partial charge in [-0.3, -0.25) is 4.21 Å². The Hall–Kier alpha value is -0.390. The molecule has 0 aliphatic carbocycles. The fraction of sp³-hybridized carbons (Fsp3) is 0.333. The van der Waals surface area contributed by atoms with Crippen LogP contribution in [0.4, 0.5) is 0 Å². The van der Waals surface area contributed by atoms with Gasteiger partial charge in [-0.15, -0.1) is 11.3 Å². The highest BCUT2D eigenvalue weighted by Crippen LogP contribution is 2.13. The summed E-state index contributed by atoms with van der Waals surface area (Å²) in [6, 6.07) is 0. The van der Waals surface area contributed by atoms with Crippen LogP contribution < -0.4 is 5.73 Å². The van der Waals surface area contributed by atoms with E-state index in [0.29, 0.717) is 11.6 Å². The molecule has 62 valence electrons. The van der Waals surface area contributed by atoms with E-state index in [1.807, 2.05) is 0 Å². The molecular formula is C6H10N2OS2. The summed E-state index contributed by atoms with van der Waals surface area (Å²) in [5.74, 6) is 3.52. The molecule has 1 aromatic rings. The van der Waals surface area contributed by atoms with E-state index in [1.165, 1.54) is 11.3 Å². The standard InChI is InChI=1S/C6H10N2OS2/c1-11(2,9)6-4-10-5(3-7)8-6/h4H,1,3,7H2,2H3. The van der Waals surface area contributed by atoms with E-state index in [9.17, 15) is 4.21 Å². The van der Waals surface area contributed by atoms with Crippen molar-refractivity contribution in [2.24, 2.45) is 5.73 Å². The van der Waals surface area contributed by atoms with E-state index in [0.717, 1.165) is 5.01 Å². The number of nitrogens with zero attached hydrogens (tertiary/aromatic N) is 1. The molecule has 0 fully saturated rings. The van der Waals surface area contributed by atoms with Crippen LogP contribution in [0.2, 0.25) is 0 Å². The third kappa shape index (κ3) is 2.02. The molecule has 2 N–H and O–H groups in total. The molecule has 1 heterocycles. The van der Waals surface area contributed by atoms with Crippen LogP contribution in [0.25, 0.3) is 0 Å². The Balaban J connectivity index is 3.09. The molecule has 3 nitrogen and oxygen atoms in total. The topological polar surface area (TPSA) is 56.0 Å². The second-order valence-corrected chi connectivity index (χ2v) is 5.66. The van der Waals surface area contributed by atoms with E-state index in [4.69, 9.17) is 5.73 Å². The average Bonchev–Trinajstić information content (AvgIpc) is 2.32. The highest BCUT2D eigenvalue weighted by Gasteiger charge is 2.05. The fourth-order valence-corrected chi connectivity index (χ4v) is 2.44. The Morgan fingerprint density at radius 3 is 2.82 bits per heavy atom. The number of nitrogens with two attached hydrogens (primary N) is 1. The molecule has 0 aliphatic rings. The summed E-state index contributed by atoms with van der Waals surface area (Å²) in [5, 5.41) is 3.11. The first-order chi connectivity index (χ1) is 5.04. The van der Waals surface area contributed by atoms with Gasteiger partial charge in [0.15, 0.2) is 0 Å². The van der Waals surface area contributed by atoms with E-state index >= 15 is 0 Å². The number of thiazole rings is 1. The van der Waals surface area contributed by atoms with Crippen molar-refractivity contribution < 1.29 is 4.21 Å². The average molecular weight is 190 g/mol. The van der Waals surface area contributed by atoms with Crippen LogP contribution in [-0.2, 0) is 16.1 Å². The Morgan fingerprint density at radius 1 is 1.91 bits per heavy atom. The third-order valence-corrected chi connectivity index (χ3v) is 3.26. The lowest BCUT2D eigenvalue weighted by Gasteiger charge is -1.93. The van der Waals surface area contributed by atoms with Gasteiger partial charge in [-0.05, 0) is 5.87 Å². The molecule has 0 amide bonds. The highest BCUT2D eigenvalue weighted by atomic mass is 32.2. The molecule has 0 radical (unpaired) electrons. The molecule has 0 aromatic carbocycles. The Morgan fingerprint density at radius 2 is 2.55 bits per heavy atom. The minimum atomic E-state index is -2.15. The van der Waals surface area contributed by atoms with E-state index in [2.05, 4.69) is 10.9 Å². The van der Waals surface area contributed by atoms with Gasteiger partial charge in [-0.1, -0.05) is 0 Å². The zero-order chi connectivity index (χ0) is 8.48. The summed E-state index contributed by atoms with van der Waals surface area (Å²) in [6.45, 7) is 0.403. The quantitative estimate of drug-likeness (QED) is 0.683. The summed E-state index contributed by atoms with van der Waals surface area (Å²) in [5.41, 5.74) is 5.34. The first-order valence-corrected chi connectivity index (χ1v) is 6.02. The van der Waals surface area contributed by atoms with Crippen molar-refractivity contribution in [3.8, 4) is 0 Å². The Bertz CT molecular complexity index is 339. The summed E-state index contributed by atoms with van der Waals surface area (Å²) in [7, 11) is -2.15. The molecule has 1 rings (SSSR count). The van der Waals surface area contributed by atoms with Crippen LogP contribution in [-0.4, -0.2) is 21.3 Å². The molecule has 0 spiro atoms. The van der Waals surface area contributed by atoms with Crippen molar-refractivity contribution >= 4 is 26.7 Å². The van der Waals surface area contributed by atoms with Crippen LogP contribution in [0.1, 0.15) is 5.01 Å². The van der Waals surface area contributed by atoms with Crippen molar-refractivity contribution in [1.82, 2.24) is 4.98 Å². The van der Waals surface area contributed by atoms with Crippen molar-refractivity contribution in [3.63, 3.8) is 0 Å². The van der Waals surface area contributed by atoms with Gasteiger partial charge < -0.3 is 5.73 Å². The Labute approximate surface area is 70.3 Å². The molecule has 1 atom stereocenters. The van der Waals surface area contributed by atoms with Gasteiger partial charge in [0.1, 0.15) is 10.0 Å². The SMILES string of the molecule is C=S(C)(=O)c1csc(CN)n1. The minimum absolute atomic E-state index is 0.403.